The van der Waals surface area contributed by atoms with Crippen LogP contribution in [0.25, 0.3) is 0 Å². The van der Waals surface area contributed by atoms with E-state index in [0.29, 0.717) is 31.8 Å². The van der Waals surface area contributed by atoms with Gasteiger partial charge >= 0.3 is 0 Å². The molecular formula is C24H32N2O5S. The van der Waals surface area contributed by atoms with Crippen LogP contribution in [0, 0.1) is 0 Å². The van der Waals surface area contributed by atoms with Crippen LogP contribution in [0.4, 0.5) is 0 Å². The average molecular weight is 461 g/mol. The summed E-state index contributed by atoms with van der Waals surface area (Å²) < 4.78 is 38.2. The predicted molar refractivity (Wildman–Crippen MR) is 123 cm³/mol. The molecule has 0 bridgehead atoms. The molecule has 3 rings (SSSR count). The first kappa shape index (κ1) is 24.1. The SMILES string of the molecule is COc1ccc(CN(C)C(=O)CCc2cc(S(=O)(=O)N3CCCCC3)ccc2OC)cc1. The van der Waals surface area contributed by atoms with Crippen LogP contribution in [-0.4, -0.2) is 57.9 Å². The van der Waals surface area contributed by atoms with Crippen molar-refractivity contribution in [2.75, 3.05) is 34.4 Å². The molecule has 0 aromatic heterocycles. The molecular weight excluding hydrogens is 428 g/mol. The molecule has 1 saturated heterocycles. The van der Waals surface area contributed by atoms with Crippen LogP contribution in [0.3, 0.4) is 0 Å². The number of benzene rings is 2. The molecule has 0 spiro atoms. The van der Waals surface area contributed by atoms with Crippen molar-refractivity contribution in [3.63, 3.8) is 0 Å². The van der Waals surface area contributed by atoms with Gasteiger partial charge in [0, 0.05) is 33.1 Å². The van der Waals surface area contributed by atoms with Crippen LogP contribution in [0.1, 0.15) is 36.8 Å². The molecule has 0 atom stereocenters. The smallest absolute Gasteiger partial charge is 0.243 e. The molecule has 0 N–H and O–H groups in total. The van der Waals surface area contributed by atoms with E-state index in [1.54, 1.807) is 48.7 Å². The molecule has 0 aliphatic carbocycles. The number of nitrogens with zero attached hydrogens (tertiary/aromatic N) is 2. The highest BCUT2D eigenvalue weighted by molar-refractivity contribution is 7.89. The van der Waals surface area contributed by atoms with Gasteiger partial charge < -0.3 is 14.4 Å². The van der Waals surface area contributed by atoms with Gasteiger partial charge in [-0.1, -0.05) is 18.6 Å². The number of ether oxygens (including phenoxy) is 2. The second-order valence-electron chi connectivity index (χ2n) is 8.04. The summed E-state index contributed by atoms with van der Waals surface area (Å²) in [6.07, 6.45) is 3.50. The summed E-state index contributed by atoms with van der Waals surface area (Å²) in [5.74, 6) is 1.34. The van der Waals surface area contributed by atoms with E-state index < -0.39 is 10.0 Å². The summed E-state index contributed by atoms with van der Waals surface area (Å²) in [6, 6.07) is 12.5. The molecule has 8 heteroatoms. The van der Waals surface area contributed by atoms with E-state index in [0.717, 1.165) is 36.1 Å². The van der Waals surface area contributed by atoms with Crippen LogP contribution < -0.4 is 9.47 Å². The van der Waals surface area contributed by atoms with Gasteiger partial charge in [0.05, 0.1) is 19.1 Å². The molecule has 32 heavy (non-hydrogen) atoms. The largest absolute Gasteiger partial charge is 0.497 e. The zero-order valence-electron chi connectivity index (χ0n) is 19.0. The van der Waals surface area contributed by atoms with Gasteiger partial charge in [-0.3, -0.25) is 4.79 Å². The molecule has 1 aliphatic rings. The van der Waals surface area contributed by atoms with Gasteiger partial charge in [0.2, 0.25) is 15.9 Å². The Morgan fingerprint density at radius 1 is 1.00 bits per heavy atom. The Balaban J connectivity index is 1.67. The number of carbonyl (C=O) groups is 1. The zero-order valence-corrected chi connectivity index (χ0v) is 19.9. The van der Waals surface area contributed by atoms with Gasteiger partial charge in [0.15, 0.2) is 0 Å². The second-order valence-corrected chi connectivity index (χ2v) is 9.97. The van der Waals surface area contributed by atoms with Gasteiger partial charge in [0.1, 0.15) is 11.5 Å². The maximum atomic E-state index is 13.0. The van der Waals surface area contributed by atoms with E-state index in [2.05, 4.69) is 0 Å². The highest BCUT2D eigenvalue weighted by Crippen LogP contribution is 2.27. The fraction of sp³-hybridized carbons (Fsp3) is 0.458. The third kappa shape index (κ3) is 5.81. The minimum absolute atomic E-state index is 0.0211. The summed E-state index contributed by atoms with van der Waals surface area (Å²) >= 11 is 0. The molecule has 7 nitrogen and oxygen atoms in total. The summed E-state index contributed by atoms with van der Waals surface area (Å²) in [5.41, 5.74) is 1.73. The molecule has 2 aromatic rings. The standard InChI is InChI=1S/C24H32N2O5S/c1-25(18-19-7-10-21(30-2)11-8-19)24(27)14-9-20-17-22(12-13-23(20)31-3)32(28,29)26-15-5-4-6-16-26/h7-8,10-13,17H,4-6,9,14-16,18H2,1-3H3. The van der Waals surface area contributed by atoms with E-state index >= 15 is 0 Å². The zero-order chi connectivity index (χ0) is 23.1. The number of amides is 1. The molecule has 0 radical (unpaired) electrons. The normalized spacial score (nSPS) is 14.7. The Bertz CT molecular complexity index is 1020. The minimum Gasteiger partial charge on any atom is -0.497 e. The Morgan fingerprint density at radius 3 is 2.31 bits per heavy atom. The van der Waals surface area contributed by atoms with Crippen molar-refractivity contribution >= 4 is 15.9 Å². The van der Waals surface area contributed by atoms with E-state index in [-0.39, 0.29) is 17.2 Å². The van der Waals surface area contributed by atoms with Crippen molar-refractivity contribution in [3.8, 4) is 11.5 Å². The number of methoxy groups -OCH3 is 2. The summed E-state index contributed by atoms with van der Waals surface area (Å²) in [5, 5.41) is 0. The van der Waals surface area contributed by atoms with Crippen molar-refractivity contribution < 1.29 is 22.7 Å². The summed E-state index contributed by atoms with van der Waals surface area (Å²) in [6.45, 7) is 1.60. The van der Waals surface area contributed by atoms with Crippen LogP contribution in [-0.2, 0) is 27.8 Å². The van der Waals surface area contributed by atoms with Crippen molar-refractivity contribution in [2.45, 2.75) is 43.5 Å². The molecule has 1 fully saturated rings. The molecule has 0 saturated carbocycles. The van der Waals surface area contributed by atoms with E-state index in [4.69, 9.17) is 9.47 Å². The third-order valence-corrected chi connectivity index (χ3v) is 7.71. The molecule has 2 aromatic carbocycles. The molecule has 0 unspecified atom stereocenters. The fourth-order valence-corrected chi connectivity index (χ4v) is 5.46. The Labute approximate surface area is 191 Å². The number of sulfonamides is 1. The van der Waals surface area contributed by atoms with Gasteiger partial charge in [-0.25, -0.2) is 8.42 Å². The lowest BCUT2D eigenvalue weighted by atomic mass is 10.1. The fourth-order valence-electron chi connectivity index (χ4n) is 3.89. The predicted octanol–water partition coefficient (Wildman–Crippen LogP) is 3.47. The van der Waals surface area contributed by atoms with Gasteiger partial charge in [-0.15, -0.1) is 0 Å². The number of carbonyl (C=O) groups excluding carboxylic acids is 1. The quantitative estimate of drug-likeness (QED) is 0.573. The molecule has 1 aliphatic heterocycles. The number of hydrogen-bond acceptors (Lipinski definition) is 5. The highest BCUT2D eigenvalue weighted by Gasteiger charge is 2.26. The maximum absolute atomic E-state index is 13.0. The first-order valence-electron chi connectivity index (χ1n) is 10.9. The molecule has 1 amide bonds. The lowest BCUT2D eigenvalue weighted by Gasteiger charge is -2.26. The first-order valence-corrected chi connectivity index (χ1v) is 12.3. The number of hydrogen-bond donors (Lipinski definition) is 0. The monoisotopic (exact) mass is 460 g/mol. The van der Waals surface area contributed by atoms with Gasteiger partial charge in [-0.2, -0.15) is 4.31 Å². The van der Waals surface area contributed by atoms with Crippen LogP contribution in [0.2, 0.25) is 0 Å². The Hall–Kier alpha value is -2.58. The first-order chi connectivity index (χ1) is 15.3. The lowest BCUT2D eigenvalue weighted by Crippen LogP contribution is -2.35. The van der Waals surface area contributed by atoms with E-state index in [9.17, 15) is 13.2 Å². The van der Waals surface area contributed by atoms with Crippen LogP contribution in [0.5, 0.6) is 11.5 Å². The van der Waals surface area contributed by atoms with Crippen molar-refractivity contribution in [2.24, 2.45) is 0 Å². The van der Waals surface area contributed by atoms with Crippen molar-refractivity contribution in [1.29, 1.82) is 0 Å². The van der Waals surface area contributed by atoms with Gasteiger partial charge in [-0.05, 0) is 60.7 Å². The second kappa shape index (κ2) is 10.8. The molecule has 174 valence electrons. The molecule has 1 heterocycles. The van der Waals surface area contributed by atoms with Crippen molar-refractivity contribution in [1.82, 2.24) is 9.21 Å². The van der Waals surface area contributed by atoms with Crippen molar-refractivity contribution in [3.05, 3.63) is 53.6 Å². The number of piperidine rings is 1. The highest BCUT2D eigenvalue weighted by atomic mass is 32.2. The third-order valence-electron chi connectivity index (χ3n) is 5.82. The van der Waals surface area contributed by atoms with Crippen LogP contribution in [0.15, 0.2) is 47.4 Å². The van der Waals surface area contributed by atoms with Crippen LogP contribution >= 0.6 is 0 Å². The topological polar surface area (TPSA) is 76.2 Å². The van der Waals surface area contributed by atoms with Gasteiger partial charge in [0.25, 0.3) is 0 Å². The number of aryl methyl sites for hydroxylation is 1. The average Bonchev–Trinajstić information content (AvgIpc) is 2.83. The van der Waals surface area contributed by atoms with E-state index in [1.807, 2.05) is 24.3 Å². The summed E-state index contributed by atoms with van der Waals surface area (Å²) in [7, 11) is 1.39. The Morgan fingerprint density at radius 2 is 1.69 bits per heavy atom. The maximum Gasteiger partial charge on any atom is 0.243 e. The minimum atomic E-state index is -3.54. The Kier molecular flexibility index (Phi) is 8.15. The summed E-state index contributed by atoms with van der Waals surface area (Å²) in [4.78, 5) is 14.6. The number of rotatable bonds is 9. The van der Waals surface area contributed by atoms with E-state index in [1.165, 1.54) is 0 Å². The lowest BCUT2D eigenvalue weighted by molar-refractivity contribution is -0.130.